The van der Waals surface area contributed by atoms with Crippen LogP contribution in [0.4, 0.5) is 5.69 Å². The van der Waals surface area contributed by atoms with E-state index < -0.39 is 9.84 Å². The van der Waals surface area contributed by atoms with Gasteiger partial charge in [0, 0.05) is 24.1 Å². The van der Waals surface area contributed by atoms with Gasteiger partial charge in [-0.05, 0) is 13.0 Å². The van der Waals surface area contributed by atoms with E-state index in [1.54, 1.807) is 25.4 Å². The fourth-order valence-electron chi connectivity index (χ4n) is 1.49. The van der Waals surface area contributed by atoms with Gasteiger partial charge in [0.25, 0.3) is 0 Å². The molecule has 7 heteroatoms. The van der Waals surface area contributed by atoms with Gasteiger partial charge in [0.1, 0.15) is 14.8 Å². The summed E-state index contributed by atoms with van der Waals surface area (Å²) in [5.41, 5.74) is 6.87. The van der Waals surface area contributed by atoms with E-state index in [9.17, 15) is 8.42 Å². The van der Waals surface area contributed by atoms with Gasteiger partial charge >= 0.3 is 0 Å². The van der Waals surface area contributed by atoms with Crippen molar-refractivity contribution in [2.75, 3.05) is 17.3 Å². The van der Waals surface area contributed by atoms with Crippen LogP contribution in [0.2, 0.25) is 0 Å². The predicted octanol–water partition coefficient (Wildman–Crippen LogP) is 0.561. The molecule has 17 heavy (non-hydrogen) atoms. The summed E-state index contributed by atoms with van der Waals surface area (Å²) in [6, 6.07) is 1.46. The standard InChI is InChI=1S/C10H15N3O2S2/c1-7(6-17(2,14)15)13-9-5-12-4-3-8(9)10(11)16/h3-5,7,13H,6H2,1-2H3,(H2,11,16). The van der Waals surface area contributed by atoms with E-state index in [1.165, 1.54) is 6.26 Å². The van der Waals surface area contributed by atoms with Crippen LogP contribution in [0, 0.1) is 0 Å². The number of nitrogens with two attached hydrogens (primary N) is 1. The number of nitrogens with one attached hydrogen (secondary N) is 1. The van der Waals surface area contributed by atoms with Gasteiger partial charge in [0.2, 0.25) is 0 Å². The van der Waals surface area contributed by atoms with Crippen LogP contribution in [0.5, 0.6) is 0 Å². The van der Waals surface area contributed by atoms with Gasteiger partial charge in [0.05, 0.1) is 17.6 Å². The number of thiocarbonyl (C=S) groups is 1. The third-order valence-electron chi connectivity index (χ3n) is 2.04. The Balaban J connectivity index is 2.85. The highest BCUT2D eigenvalue weighted by molar-refractivity contribution is 7.90. The molecule has 1 aromatic rings. The molecule has 94 valence electrons. The molecule has 0 aliphatic carbocycles. The van der Waals surface area contributed by atoms with E-state index in [0.717, 1.165) is 0 Å². The van der Waals surface area contributed by atoms with Gasteiger partial charge in [-0.15, -0.1) is 0 Å². The van der Waals surface area contributed by atoms with Crippen molar-refractivity contribution < 1.29 is 8.42 Å². The maximum Gasteiger partial charge on any atom is 0.149 e. The zero-order valence-corrected chi connectivity index (χ0v) is 11.3. The highest BCUT2D eigenvalue weighted by atomic mass is 32.2. The Labute approximate surface area is 106 Å². The number of nitrogens with zero attached hydrogens (tertiary/aromatic N) is 1. The Morgan fingerprint density at radius 1 is 1.65 bits per heavy atom. The summed E-state index contributed by atoms with van der Waals surface area (Å²) in [6.07, 6.45) is 4.36. The van der Waals surface area contributed by atoms with Gasteiger partial charge in [-0.1, -0.05) is 12.2 Å². The van der Waals surface area contributed by atoms with Gasteiger partial charge in [-0.3, -0.25) is 4.98 Å². The maximum absolute atomic E-state index is 11.1. The third-order valence-corrected chi connectivity index (χ3v) is 3.37. The normalized spacial score (nSPS) is 13.1. The van der Waals surface area contributed by atoms with E-state index in [0.29, 0.717) is 11.3 Å². The molecule has 0 radical (unpaired) electrons. The summed E-state index contributed by atoms with van der Waals surface area (Å²) in [4.78, 5) is 4.20. The average Bonchev–Trinajstić information content (AvgIpc) is 2.14. The summed E-state index contributed by atoms with van der Waals surface area (Å²) < 4.78 is 22.3. The second-order valence-corrected chi connectivity index (χ2v) is 6.55. The summed E-state index contributed by atoms with van der Waals surface area (Å²) >= 11 is 4.90. The van der Waals surface area contributed by atoms with E-state index in [4.69, 9.17) is 18.0 Å². The van der Waals surface area contributed by atoms with E-state index >= 15 is 0 Å². The number of hydrogen-bond donors (Lipinski definition) is 2. The largest absolute Gasteiger partial charge is 0.389 e. The van der Waals surface area contributed by atoms with Crippen LogP contribution in [-0.4, -0.2) is 36.4 Å². The van der Waals surface area contributed by atoms with Crippen molar-refractivity contribution >= 4 is 32.7 Å². The first-order valence-corrected chi connectivity index (χ1v) is 7.44. The van der Waals surface area contributed by atoms with Crippen LogP contribution in [0.25, 0.3) is 0 Å². The molecule has 0 spiro atoms. The molecule has 3 N–H and O–H groups in total. The molecule has 1 aromatic heterocycles. The zero-order chi connectivity index (χ0) is 13.1. The minimum Gasteiger partial charge on any atom is -0.389 e. The second-order valence-electron chi connectivity index (χ2n) is 3.92. The first-order chi connectivity index (χ1) is 7.79. The molecule has 1 atom stereocenters. The molecular formula is C10H15N3O2S2. The average molecular weight is 273 g/mol. The first-order valence-electron chi connectivity index (χ1n) is 4.97. The van der Waals surface area contributed by atoms with Gasteiger partial charge in [-0.2, -0.15) is 0 Å². The highest BCUT2D eigenvalue weighted by Gasteiger charge is 2.12. The molecule has 0 saturated carbocycles. The van der Waals surface area contributed by atoms with Crippen molar-refractivity contribution in [3.8, 4) is 0 Å². The number of sulfone groups is 1. The fourth-order valence-corrected chi connectivity index (χ4v) is 2.66. The van der Waals surface area contributed by atoms with Crippen molar-refractivity contribution in [3.05, 3.63) is 24.0 Å². The highest BCUT2D eigenvalue weighted by Crippen LogP contribution is 2.14. The molecule has 0 bridgehead atoms. The molecule has 1 unspecified atom stereocenters. The number of rotatable bonds is 5. The molecule has 1 rings (SSSR count). The molecule has 5 nitrogen and oxygen atoms in total. The van der Waals surface area contributed by atoms with E-state index in [-0.39, 0.29) is 16.8 Å². The van der Waals surface area contributed by atoms with Crippen molar-refractivity contribution in [2.24, 2.45) is 5.73 Å². The zero-order valence-electron chi connectivity index (χ0n) is 9.67. The molecule has 0 aliphatic rings. The molecule has 0 aromatic carbocycles. The fraction of sp³-hybridized carbons (Fsp3) is 0.400. The molecule has 0 aliphatic heterocycles. The maximum atomic E-state index is 11.1. The van der Waals surface area contributed by atoms with Crippen LogP contribution in [0.15, 0.2) is 18.5 Å². The Kier molecular flexibility index (Phi) is 4.41. The number of anilines is 1. The topological polar surface area (TPSA) is 85.1 Å². The molecule has 0 saturated heterocycles. The Morgan fingerprint density at radius 2 is 2.29 bits per heavy atom. The Hall–Kier alpha value is -1.21. The predicted molar refractivity (Wildman–Crippen MR) is 72.9 cm³/mol. The van der Waals surface area contributed by atoms with Crippen LogP contribution in [0.3, 0.4) is 0 Å². The number of hydrogen-bond acceptors (Lipinski definition) is 5. The molecule has 1 heterocycles. The summed E-state index contributed by atoms with van der Waals surface area (Å²) in [5.74, 6) is 0.0403. The van der Waals surface area contributed by atoms with Crippen molar-refractivity contribution in [1.82, 2.24) is 4.98 Å². The van der Waals surface area contributed by atoms with Crippen LogP contribution < -0.4 is 11.1 Å². The van der Waals surface area contributed by atoms with Crippen molar-refractivity contribution in [1.29, 1.82) is 0 Å². The smallest absolute Gasteiger partial charge is 0.149 e. The first kappa shape index (κ1) is 13.9. The quantitative estimate of drug-likeness (QED) is 0.763. The van der Waals surface area contributed by atoms with Crippen molar-refractivity contribution in [2.45, 2.75) is 13.0 Å². The van der Waals surface area contributed by atoms with Gasteiger partial charge in [-0.25, -0.2) is 8.42 Å². The molecule has 0 amide bonds. The third kappa shape index (κ3) is 4.66. The lowest BCUT2D eigenvalue weighted by Crippen LogP contribution is -2.26. The van der Waals surface area contributed by atoms with Crippen LogP contribution in [-0.2, 0) is 9.84 Å². The van der Waals surface area contributed by atoms with Crippen LogP contribution in [0.1, 0.15) is 12.5 Å². The molecular weight excluding hydrogens is 258 g/mol. The lowest BCUT2D eigenvalue weighted by Gasteiger charge is -2.16. The lowest BCUT2D eigenvalue weighted by molar-refractivity contribution is 0.598. The molecule has 0 fully saturated rings. The lowest BCUT2D eigenvalue weighted by atomic mass is 10.2. The number of pyridine rings is 1. The van der Waals surface area contributed by atoms with Crippen molar-refractivity contribution in [3.63, 3.8) is 0 Å². The summed E-state index contributed by atoms with van der Waals surface area (Å²) in [5, 5.41) is 3.04. The number of aromatic nitrogens is 1. The monoisotopic (exact) mass is 273 g/mol. The summed E-state index contributed by atoms with van der Waals surface area (Å²) in [6.45, 7) is 1.78. The van der Waals surface area contributed by atoms with Gasteiger partial charge in [0.15, 0.2) is 0 Å². The SMILES string of the molecule is CC(CS(C)(=O)=O)Nc1cnccc1C(N)=S. The van der Waals surface area contributed by atoms with E-state index in [2.05, 4.69) is 10.3 Å². The Bertz CT molecular complexity index is 514. The van der Waals surface area contributed by atoms with Gasteiger partial charge < -0.3 is 11.1 Å². The minimum atomic E-state index is -3.02. The summed E-state index contributed by atoms with van der Waals surface area (Å²) in [7, 11) is -3.02. The Morgan fingerprint density at radius 3 is 2.82 bits per heavy atom. The second kappa shape index (κ2) is 5.42. The van der Waals surface area contributed by atoms with Crippen LogP contribution >= 0.6 is 12.2 Å². The van der Waals surface area contributed by atoms with E-state index in [1.807, 2.05) is 0 Å². The minimum absolute atomic E-state index is 0.0403.